The molecule has 0 saturated heterocycles. The minimum Gasteiger partial charge on any atom is -0.478 e. The van der Waals surface area contributed by atoms with E-state index in [1.165, 1.54) is 0 Å². The van der Waals surface area contributed by atoms with Gasteiger partial charge in [-0.05, 0) is 12.1 Å². The smallest absolute Gasteiger partial charge is 0.337 e. The molecule has 1 aromatic carbocycles. The molecule has 1 rings (SSSR count). The lowest BCUT2D eigenvalue weighted by molar-refractivity contribution is 0.0696. The van der Waals surface area contributed by atoms with Gasteiger partial charge in [0.1, 0.15) is 0 Å². The summed E-state index contributed by atoms with van der Waals surface area (Å²) in [7, 11) is -4.72. The number of carboxylic acid groups (broad SMARTS) is 2. The van der Waals surface area contributed by atoms with Gasteiger partial charge in [0.2, 0.25) is 0 Å². The van der Waals surface area contributed by atoms with Crippen LogP contribution in [0.25, 0.3) is 0 Å². The van der Waals surface area contributed by atoms with Gasteiger partial charge < -0.3 is 10.2 Å². The summed E-state index contributed by atoms with van der Waals surface area (Å²) in [5.41, 5.74) is -1.45. The van der Waals surface area contributed by atoms with Crippen molar-refractivity contribution in [1.82, 2.24) is 0 Å². The second-order valence-corrected chi connectivity index (χ2v) is 4.72. The monoisotopic (exact) mass is 280 g/mol. The summed E-state index contributed by atoms with van der Waals surface area (Å²) in [5.74, 6) is -3.22. The third-order valence-electron chi connectivity index (χ3n) is 1.80. The molecular weight excluding hydrogens is 276 g/mol. The summed E-state index contributed by atoms with van der Waals surface area (Å²) < 4.78 is 30.4. The first-order valence-electron chi connectivity index (χ1n) is 3.92. The average molecular weight is 281 g/mol. The van der Waals surface area contributed by atoms with E-state index in [1.807, 2.05) is 0 Å². The number of hydrogen-bond donors (Lipinski definition) is 3. The number of hydrogen-bond acceptors (Lipinski definition) is 4. The highest BCUT2D eigenvalue weighted by atomic mass is 35.5. The Bertz CT molecular complexity index is 569. The largest absolute Gasteiger partial charge is 0.478 e. The van der Waals surface area contributed by atoms with Crippen LogP contribution in [0.5, 0.6) is 0 Å². The van der Waals surface area contributed by atoms with Crippen molar-refractivity contribution >= 4 is 33.7 Å². The van der Waals surface area contributed by atoms with Gasteiger partial charge in [-0.25, -0.2) is 9.59 Å². The minimum atomic E-state index is -4.72. The van der Waals surface area contributed by atoms with Crippen molar-refractivity contribution in [3.05, 3.63) is 28.3 Å². The molecular formula is C8H5ClO7S. The van der Waals surface area contributed by atoms with Crippen LogP contribution in [0.2, 0.25) is 5.02 Å². The van der Waals surface area contributed by atoms with E-state index < -0.39 is 43.1 Å². The fourth-order valence-electron chi connectivity index (χ4n) is 1.06. The van der Waals surface area contributed by atoms with E-state index in [2.05, 4.69) is 0 Å². The van der Waals surface area contributed by atoms with Crippen molar-refractivity contribution in [3.63, 3.8) is 0 Å². The van der Waals surface area contributed by atoms with E-state index in [4.69, 9.17) is 26.4 Å². The number of aromatic carboxylic acids is 2. The molecule has 0 unspecified atom stereocenters. The first kappa shape index (κ1) is 13.4. The van der Waals surface area contributed by atoms with E-state index >= 15 is 0 Å². The molecule has 0 heterocycles. The standard InChI is InChI=1S/C8H5ClO7S/c9-6-4(7(10)11)1-3(17(14,15)16)2-5(6)8(12)13/h1-2H,(H,10,11)(H,12,13)(H,14,15,16). The quantitative estimate of drug-likeness (QED) is 0.704. The zero-order valence-corrected chi connectivity index (χ0v) is 9.49. The fraction of sp³-hybridized carbons (Fsp3) is 0. The third-order valence-corrected chi connectivity index (χ3v) is 3.04. The number of benzene rings is 1. The minimum absolute atomic E-state index is 0.576. The summed E-state index contributed by atoms with van der Waals surface area (Å²) in [5, 5.41) is 16.8. The third kappa shape index (κ3) is 2.73. The molecule has 0 aliphatic heterocycles. The summed E-state index contributed by atoms with van der Waals surface area (Å²) in [6, 6.07) is 1.15. The molecule has 0 saturated carbocycles. The Morgan fingerprint density at radius 2 is 1.41 bits per heavy atom. The maximum absolute atomic E-state index is 10.8. The first-order valence-corrected chi connectivity index (χ1v) is 5.74. The Morgan fingerprint density at radius 3 is 1.65 bits per heavy atom. The Hall–Kier alpha value is -1.64. The van der Waals surface area contributed by atoms with Crippen LogP contribution in [0.15, 0.2) is 17.0 Å². The number of rotatable bonds is 3. The summed E-state index contributed by atoms with van der Waals surface area (Å²) in [6.45, 7) is 0. The van der Waals surface area contributed by atoms with Gasteiger partial charge >= 0.3 is 11.9 Å². The second kappa shape index (κ2) is 4.32. The summed E-state index contributed by atoms with van der Waals surface area (Å²) >= 11 is 5.48. The molecule has 1 aromatic rings. The van der Waals surface area contributed by atoms with Crippen LogP contribution >= 0.6 is 11.6 Å². The maximum atomic E-state index is 10.8. The lowest BCUT2D eigenvalue weighted by Gasteiger charge is -2.05. The van der Waals surface area contributed by atoms with Gasteiger partial charge in [0, 0.05) is 0 Å². The van der Waals surface area contributed by atoms with Crippen molar-refractivity contribution in [1.29, 1.82) is 0 Å². The van der Waals surface area contributed by atoms with Crippen LogP contribution in [0.1, 0.15) is 20.7 Å². The highest BCUT2D eigenvalue weighted by Crippen LogP contribution is 2.25. The van der Waals surface area contributed by atoms with Gasteiger partial charge in [-0.3, -0.25) is 4.55 Å². The van der Waals surface area contributed by atoms with Crippen LogP contribution in [-0.2, 0) is 10.1 Å². The molecule has 0 atom stereocenters. The van der Waals surface area contributed by atoms with E-state index in [0.29, 0.717) is 12.1 Å². The van der Waals surface area contributed by atoms with Crippen molar-refractivity contribution in [2.45, 2.75) is 4.90 Å². The highest BCUT2D eigenvalue weighted by Gasteiger charge is 2.22. The lowest BCUT2D eigenvalue weighted by atomic mass is 10.1. The Morgan fingerprint density at radius 1 is 1.06 bits per heavy atom. The molecule has 0 radical (unpaired) electrons. The van der Waals surface area contributed by atoms with Gasteiger partial charge in [-0.1, -0.05) is 11.6 Å². The predicted octanol–water partition coefficient (Wildman–Crippen LogP) is 0.983. The molecule has 0 spiro atoms. The molecule has 7 nitrogen and oxygen atoms in total. The highest BCUT2D eigenvalue weighted by molar-refractivity contribution is 7.85. The maximum Gasteiger partial charge on any atom is 0.337 e. The van der Waals surface area contributed by atoms with Gasteiger partial charge in [0.25, 0.3) is 10.1 Å². The number of halogens is 1. The predicted molar refractivity (Wildman–Crippen MR) is 55.2 cm³/mol. The molecule has 92 valence electrons. The van der Waals surface area contributed by atoms with Crippen LogP contribution < -0.4 is 0 Å². The molecule has 0 aliphatic carbocycles. The molecule has 0 bridgehead atoms. The van der Waals surface area contributed by atoms with Gasteiger partial charge in [0.15, 0.2) is 0 Å². The molecule has 0 amide bonds. The van der Waals surface area contributed by atoms with Gasteiger partial charge in [-0.15, -0.1) is 0 Å². The van der Waals surface area contributed by atoms with Crippen molar-refractivity contribution in [2.75, 3.05) is 0 Å². The molecule has 3 N–H and O–H groups in total. The van der Waals surface area contributed by atoms with E-state index in [1.54, 1.807) is 0 Å². The Kier molecular flexibility index (Phi) is 3.41. The van der Waals surface area contributed by atoms with Crippen LogP contribution in [0.4, 0.5) is 0 Å². The van der Waals surface area contributed by atoms with Crippen LogP contribution in [0.3, 0.4) is 0 Å². The average Bonchev–Trinajstić information content (AvgIpc) is 2.14. The second-order valence-electron chi connectivity index (χ2n) is 2.92. The molecule has 0 aliphatic rings. The normalized spacial score (nSPS) is 11.2. The SMILES string of the molecule is O=C(O)c1cc(S(=O)(=O)O)cc(C(=O)O)c1Cl. The summed E-state index contributed by atoms with van der Waals surface area (Å²) in [6.07, 6.45) is 0. The van der Waals surface area contributed by atoms with E-state index in [-0.39, 0.29) is 0 Å². The molecule has 0 fully saturated rings. The van der Waals surface area contributed by atoms with E-state index in [9.17, 15) is 18.0 Å². The lowest BCUT2D eigenvalue weighted by Crippen LogP contribution is -2.09. The van der Waals surface area contributed by atoms with Crippen molar-refractivity contribution in [3.8, 4) is 0 Å². The Labute approximate surface area is 100 Å². The van der Waals surface area contributed by atoms with Gasteiger partial charge in [0.05, 0.1) is 21.0 Å². The molecule has 17 heavy (non-hydrogen) atoms. The van der Waals surface area contributed by atoms with E-state index in [0.717, 1.165) is 0 Å². The van der Waals surface area contributed by atoms with Crippen molar-refractivity contribution < 1.29 is 32.8 Å². The van der Waals surface area contributed by atoms with Crippen LogP contribution in [-0.4, -0.2) is 35.1 Å². The first-order chi connectivity index (χ1) is 7.64. The topological polar surface area (TPSA) is 129 Å². The van der Waals surface area contributed by atoms with Crippen molar-refractivity contribution in [2.24, 2.45) is 0 Å². The number of carbonyl (C=O) groups is 2. The zero-order valence-electron chi connectivity index (χ0n) is 7.92. The van der Waals surface area contributed by atoms with Gasteiger partial charge in [-0.2, -0.15) is 8.42 Å². The summed E-state index contributed by atoms with van der Waals surface area (Å²) in [4.78, 5) is 20.6. The zero-order chi connectivity index (χ0) is 13.4. The fourth-order valence-corrected chi connectivity index (χ4v) is 1.86. The van der Waals surface area contributed by atoms with Crippen LogP contribution in [0, 0.1) is 0 Å². The molecule has 0 aromatic heterocycles. The molecule has 9 heteroatoms. The Balaban J connectivity index is 3.71. The number of carboxylic acids is 2.